The molecule has 3 nitrogen and oxygen atoms in total. The molecule has 0 radical (unpaired) electrons. The second kappa shape index (κ2) is 7.09. The first-order valence-electron chi connectivity index (χ1n) is 5.94. The molecule has 0 aliphatic heterocycles. The summed E-state index contributed by atoms with van der Waals surface area (Å²) in [6.45, 7) is 0.173. The lowest BCUT2D eigenvalue weighted by Crippen LogP contribution is -2.01. The van der Waals surface area contributed by atoms with E-state index in [0.717, 1.165) is 9.86 Å². The van der Waals surface area contributed by atoms with E-state index in [1.54, 1.807) is 18.2 Å². The highest BCUT2D eigenvalue weighted by Crippen LogP contribution is 2.34. The monoisotopic (exact) mass is 420 g/mol. The molecule has 0 atom stereocenters. The van der Waals surface area contributed by atoms with Crippen molar-refractivity contribution in [2.24, 2.45) is 0 Å². The van der Waals surface area contributed by atoms with Gasteiger partial charge in [0.05, 0.1) is 15.7 Å². The fraction of sp³-hybridized carbons (Fsp3) is 0.133. The molecule has 6 heteroatoms. The van der Waals surface area contributed by atoms with E-state index in [1.807, 2.05) is 0 Å². The number of rotatable bonds is 5. The Morgan fingerprint density at radius 2 is 2.10 bits per heavy atom. The van der Waals surface area contributed by atoms with Crippen molar-refractivity contribution >= 4 is 40.5 Å². The van der Waals surface area contributed by atoms with Gasteiger partial charge in [0.2, 0.25) is 0 Å². The molecule has 0 aliphatic carbocycles. The van der Waals surface area contributed by atoms with Crippen LogP contribution in [0.3, 0.4) is 0 Å². The summed E-state index contributed by atoms with van der Waals surface area (Å²) in [7, 11) is 1.50. The molecule has 2 aromatic rings. The molecule has 0 saturated heterocycles. The molecule has 0 aliphatic rings. The Bertz CT molecular complexity index is 676. The van der Waals surface area contributed by atoms with Crippen molar-refractivity contribution in [3.63, 3.8) is 0 Å². The summed E-state index contributed by atoms with van der Waals surface area (Å²) in [6, 6.07) is 7.41. The third kappa shape index (κ3) is 3.85. The van der Waals surface area contributed by atoms with Gasteiger partial charge in [-0.15, -0.1) is 0 Å². The van der Waals surface area contributed by atoms with Gasteiger partial charge in [-0.1, -0.05) is 17.7 Å². The van der Waals surface area contributed by atoms with E-state index in [-0.39, 0.29) is 6.61 Å². The number of carbonyl (C=O) groups excluding carboxylic acids is 1. The van der Waals surface area contributed by atoms with Gasteiger partial charge >= 0.3 is 0 Å². The van der Waals surface area contributed by atoms with Crippen molar-refractivity contribution in [2.45, 2.75) is 6.61 Å². The Kier molecular flexibility index (Phi) is 5.41. The molecule has 0 N–H and O–H groups in total. The number of hydrogen-bond donors (Lipinski definition) is 0. The molecule has 0 heterocycles. The van der Waals surface area contributed by atoms with Gasteiger partial charge in [0.1, 0.15) is 18.7 Å². The fourth-order valence-corrected chi connectivity index (χ4v) is 2.74. The van der Waals surface area contributed by atoms with Crippen LogP contribution in [0.15, 0.2) is 30.3 Å². The third-order valence-corrected chi connectivity index (χ3v) is 3.93. The Morgan fingerprint density at radius 1 is 1.33 bits per heavy atom. The predicted octanol–water partition coefficient (Wildman–Crippen LogP) is 4.48. The number of ether oxygens (including phenoxy) is 2. The maximum Gasteiger partial charge on any atom is 0.174 e. The third-order valence-electron chi connectivity index (χ3n) is 2.77. The SMILES string of the molecule is COc1cc(C=O)cc(I)c1OCc1ccc(F)cc1Cl. The highest BCUT2D eigenvalue weighted by Gasteiger charge is 2.12. The second-order valence-corrected chi connectivity index (χ2v) is 5.75. The number of methoxy groups -OCH3 is 1. The number of carbonyl (C=O) groups is 1. The van der Waals surface area contributed by atoms with Crippen LogP contribution in [-0.4, -0.2) is 13.4 Å². The van der Waals surface area contributed by atoms with Gasteiger partial charge in [-0.05, 0) is 46.9 Å². The van der Waals surface area contributed by atoms with Gasteiger partial charge in [0.25, 0.3) is 0 Å². The van der Waals surface area contributed by atoms with Crippen LogP contribution in [0.5, 0.6) is 11.5 Å². The molecule has 110 valence electrons. The molecule has 0 unspecified atom stereocenters. The topological polar surface area (TPSA) is 35.5 Å². The summed E-state index contributed by atoms with van der Waals surface area (Å²) in [4.78, 5) is 10.8. The molecular weight excluding hydrogens is 410 g/mol. The summed E-state index contributed by atoms with van der Waals surface area (Å²) in [5, 5.41) is 0.300. The largest absolute Gasteiger partial charge is 0.493 e. The van der Waals surface area contributed by atoms with E-state index in [0.29, 0.717) is 27.6 Å². The van der Waals surface area contributed by atoms with Gasteiger partial charge in [-0.2, -0.15) is 0 Å². The lowest BCUT2D eigenvalue weighted by atomic mass is 10.2. The van der Waals surface area contributed by atoms with Gasteiger partial charge in [-0.3, -0.25) is 4.79 Å². The van der Waals surface area contributed by atoms with Gasteiger partial charge in [-0.25, -0.2) is 4.39 Å². The van der Waals surface area contributed by atoms with Crippen LogP contribution < -0.4 is 9.47 Å². The zero-order valence-corrected chi connectivity index (χ0v) is 13.9. The normalized spacial score (nSPS) is 10.3. The van der Waals surface area contributed by atoms with Crippen molar-refractivity contribution in [1.29, 1.82) is 0 Å². The van der Waals surface area contributed by atoms with Gasteiger partial charge in [0.15, 0.2) is 11.5 Å². The minimum Gasteiger partial charge on any atom is -0.493 e. The zero-order chi connectivity index (χ0) is 15.4. The quantitative estimate of drug-likeness (QED) is 0.528. The summed E-state index contributed by atoms with van der Waals surface area (Å²) < 4.78 is 24.7. The first kappa shape index (κ1) is 16.0. The standard InChI is InChI=1S/C15H11ClFIO3/c1-20-14-5-9(7-19)4-13(18)15(14)21-8-10-2-3-11(17)6-12(10)16/h2-7H,8H2,1H3. The number of benzene rings is 2. The minimum absolute atomic E-state index is 0.173. The number of halogens is 3. The van der Waals surface area contributed by atoms with Crippen LogP contribution in [-0.2, 0) is 6.61 Å². The summed E-state index contributed by atoms with van der Waals surface area (Å²) in [5.41, 5.74) is 1.17. The highest BCUT2D eigenvalue weighted by atomic mass is 127. The summed E-state index contributed by atoms with van der Waals surface area (Å²) in [6.07, 6.45) is 0.741. The molecule has 0 amide bonds. The smallest absolute Gasteiger partial charge is 0.174 e. The molecule has 0 fully saturated rings. The summed E-state index contributed by atoms with van der Waals surface area (Å²) in [5.74, 6) is 0.581. The van der Waals surface area contributed by atoms with Gasteiger partial charge < -0.3 is 9.47 Å². The van der Waals surface area contributed by atoms with E-state index < -0.39 is 5.82 Å². The Morgan fingerprint density at radius 3 is 2.71 bits per heavy atom. The van der Waals surface area contributed by atoms with Crippen LogP contribution in [0.4, 0.5) is 4.39 Å². The first-order chi connectivity index (χ1) is 10.0. The molecule has 21 heavy (non-hydrogen) atoms. The maximum atomic E-state index is 13.0. The molecule has 0 aromatic heterocycles. The van der Waals surface area contributed by atoms with Crippen molar-refractivity contribution in [1.82, 2.24) is 0 Å². The average Bonchev–Trinajstić information content (AvgIpc) is 2.46. The van der Waals surface area contributed by atoms with Crippen molar-refractivity contribution in [3.8, 4) is 11.5 Å². The number of aldehydes is 1. The highest BCUT2D eigenvalue weighted by molar-refractivity contribution is 14.1. The predicted molar refractivity (Wildman–Crippen MR) is 86.8 cm³/mol. The minimum atomic E-state index is -0.397. The molecule has 2 rings (SSSR count). The van der Waals surface area contributed by atoms with E-state index in [1.165, 1.54) is 19.2 Å². The van der Waals surface area contributed by atoms with Crippen LogP contribution in [0.1, 0.15) is 15.9 Å². The average molecular weight is 421 g/mol. The van der Waals surface area contributed by atoms with Crippen molar-refractivity contribution in [3.05, 3.63) is 55.9 Å². The Labute approximate surface area is 140 Å². The lowest BCUT2D eigenvalue weighted by molar-refractivity contribution is 0.112. The molecule has 2 aromatic carbocycles. The van der Waals surface area contributed by atoms with Crippen molar-refractivity contribution < 1.29 is 18.7 Å². The van der Waals surface area contributed by atoms with Crippen LogP contribution in [0, 0.1) is 9.39 Å². The fourth-order valence-electron chi connectivity index (χ4n) is 1.74. The van der Waals surface area contributed by atoms with Crippen molar-refractivity contribution in [2.75, 3.05) is 7.11 Å². The van der Waals surface area contributed by atoms with E-state index in [9.17, 15) is 9.18 Å². The van der Waals surface area contributed by atoms with E-state index in [4.69, 9.17) is 21.1 Å². The molecular formula is C15H11ClFIO3. The second-order valence-electron chi connectivity index (χ2n) is 4.18. The summed E-state index contributed by atoms with van der Waals surface area (Å²) >= 11 is 8.02. The maximum absolute atomic E-state index is 13.0. The van der Waals surface area contributed by atoms with Crippen LogP contribution >= 0.6 is 34.2 Å². The van der Waals surface area contributed by atoms with Gasteiger partial charge in [0, 0.05) is 11.1 Å². The van der Waals surface area contributed by atoms with E-state index in [2.05, 4.69) is 22.6 Å². The van der Waals surface area contributed by atoms with E-state index >= 15 is 0 Å². The zero-order valence-electron chi connectivity index (χ0n) is 11.0. The molecule has 0 spiro atoms. The molecule has 0 bridgehead atoms. The van der Waals surface area contributed by atoms with Crippen LogP contribution in [0.25, 0.3) is 0 Å². The number of hydrogen-bond acceptors (Lipinski definition) is 3. The Hall–Kier alpha value is -1.34. The first-order valence-corrected chi connectivity index (χ1v) is 7.40. The van der Waals surface area contributed by atoms with Crippen LogP contribution in [0.2, 0.25) is 5.02 Å². The lowest BCUT2D eigenvalue weighted by Gasteiger charge is -2.14. The Balaban J connectivity index is 2.25. The molecule has 0 saturated carbocycles.